The first-order valence-corrected chi connectivity index (χ1v) is 12.1. The lowest BCUT2D eigenvalue weighted by Crippen LogP contribution is -2.39. The smallest absolute Gasteiger partial charge is 0.261 e. The standard InChI is InChI=1S/C26H25FN8O2/c1-34-12-17(32-33-34)11-22-29-24(31-26(28)30-22)18-3-2-4-21(19(18)13-36)35-8-7-15-9-16(14-5-6-14)10-20(27)23(15)25(35)37/h2-4,9-10,12,14,36H,5-8,11,13H2,1H3,(H2,28,29,30,31). The van der Waals surface area contributed by atoms with Gasteiger partial charge in [0.25, 0.3) is 5.91 Å². The predicted molar refractivity (Wildman–Crippen MR) is 133 cm³/mol. The van der Waals surface area contributed by atoms with Gasteiger partial charge in [0.05, 0.1) is 30.0 Å². The minimum Gasteiger partial charge on any atom is -0.392 e. The van der Waals surface area contributed by atoms with Crippen LogP contribution in [-0.2, 0) is 26.5 Å². The number of halogens is 1. The third kappa shape index (κ3) is 4.31. The highest BCUT2D eigenvalue weighted by atomic mass is 19.1. The number of fused-ring (bicyclic) bond motifs is 1. The summed E-state index contributed by atoms with van der Waals surface area (Å²) in [5.41, 5.74) is 9.90. The number of amides is 1. The van der Waals surface area contributed by atoms with Gasteiger partial charge >= 0.3 is 0 Å². The molecule has 6 rings (SSSR count). The number of aryl methyl sites for hydroxylation is 1. The molecule has 1 fully saturated rings. The van der Waals surface area contributed by atoms with Crippen LogP contribution < -0.4 is 10.6 Å². The maximum absolute atomic E-state index is 15.1. The Morgan fingerprint density at radius 1 is 1.19 bits per heavy atom. The molecule has 0 atom stereocenters. The fourth-order valence-electron chi connectivity index (χ4n) is 4.95. The third-order valence-corrected chi connectivity index (χ3v) is 6.84. The molecule has 1 saturated carbocycles. The normalized spacial score (nSPS) is 15.2. The van der Waals surface area contributed by atoms with Crippen LogP contribution in [0.25, 0.3) is 11.4 Å². The van der Waals surface area contributed by atoms with Crippen LogP contribution in [0.4, 0.5) is 16.0 Å². The van der Waals surface area contributed by atoms with E-state index in [2.05, 4.69) is 25.3 Å². The van der Waals surface area contributed by atoms with Crippen LogP contribution >= 0.6 is 0 Å². The molecule has 1 amide bonds. The Morgan fingerprint density at radius 3 is 2.76 bits per heavy atom. The van der Waals surface area contributed by atoms with Gasteiger partial charge in [-0.1, -0.05) is 23.4 Å². The van der Waals surface area contributed by atoms with E-state index in [1.54, 1.807) is 36.1 Å². The van der Waals surface area contributed by atoms with E-state index in [4.69, 9.17) is 5.73 Å². The Hall–Kier alpha value is -4.25. The van der Waals surface area contributed by atoms with E-state index in [-0.39, 0.29) is 23.9 Å². The Bertz CT molecular complexity index is 1530. The van der Waals surface area contributed by atoms with Gasteiger partial charge in [-0.25, -0.2) is 9.37 Å². The van der Waals surface area contributed by atoms with Crippen LogP contribution in [0.15, 0.2) is 36.5 Å². The maximum Gasteiger partial charge on any atom is 0.261 e. The molecule has 3 N–H and O–H groups in total. The largest absolute Gasteiger partial charge is 0.392 e. The van der Waals surface area contributed by atoms with Crippen LogP contribution in [0.3, 0.4) is 0 Å². The van der Waals surface area contributed by atoms with Crippen LogP contribution in [0, 0.1) is 5.82 Å². The molecule has 3 heterocycles. The molecule has 1 aliphatic heterocycles. The van der Waals surface area contributed by atoms with Gasteiger partial charge in [-0.3, -0.25) is 9.48 Å². The number of aromatic nitrogens is 6. The zero-order valence-electron chi connectivity index (χ0n) is 20.2. The number of hydrogen-bond acceptors (Lipinski definition) is 8. The van der Waals surface area contributed by atoms with E-state index in [1.165, 1.54) is 11.0 Å². The molecular weight excluding hydrogens is 475 g/mol. The molecule has 0 radical (unpaired) electrons. The highest BCUT2D eigenvalue weighted by molar-refractivity contribution is 6.09. The van der Waals surface area contributed by atoms with Crippen molar-refractivity contribution in [1.29, 1.82) is 0 Å². The number of aliphatic hydroxyl groups is 1. The molecule has 188 valence electrons. The molecule has 0 saturated heterocycles. The Balaban J connectivity index is 1.37. The monoisotopic (exact) mass is 500 g/mol. The van der Waals surface area contributed by atoms with Crippen molar-refractivity contribution in [2.75, 3.05) is 17.2 Å². The molecule has 10 nitrogen and oxygen atoms in total. The van der Waals surface area contributed by atoms with Crippen molar-refractivity contribution >= 4 is 17.5 Å². The quantitative estimate of drug-likeness (QED) is 0.412. The SMILES string of the molecule is Cn1cc(Cc2nc(N)nc(-c3cccc(N4CCc5cc(C6CC6)cc(F)c5C4=O)c3CO)n2)nn1. The van der Waals surface area contributed by atoms with E-state index in [9.17, 15) is 9.90 Å². The van der Waals surface area contributed by atoms with Gasteiger partial charge in [0.1, 0.15) is 11.6 Å². The highest BCUT2D eigenvalue weighted by Gasteiger charge is 2.33. The minimum atomic E-state index is -0.491. The summed E-state index contributed by atoms with van der Waals surface area (Å²) in [4.78, 5) is 28.1. The number of nitrogens with zero attached hydrogens (tertiary/aromatic N) is 7. The fraction of sp³-hybridized carbons (Fsp3) is 0.308. The van der Waals surface area contributed by atoms with E-state index < -0.39 is 11.7 Å². The fourth-order valence-corrected chi connectivity index (χ4v) is 4.95. The second kappa shape index (κ2) is 9.00. The number of nitrogens with two attached hydrogens (primary N) is 1. The average Bonchev–Trinajstić information content (AvgIpc) is 3.65. The summed E-state index contributed by atoms with van der Waals surface area (Å²) >= 11 is 0. The topological polar surface area (TPSA) is 136 Å². The number of rotatable bonds is 6. The molecular formula is C26H25FN8O2. The lowest BCUT2D eigenvalue weighted by Gasteiger charge is -2.31. The second-order valence-corrected chi connectivity index (χ2v) is 9.47. The predicted octanol–water partition coefficient (Wildman–Crippen LogP) is 2.55. The number of aliphatic hydroxyl groups excluding tert-OH is 1. The Labute approximate surface area is 212 Å². The summed E-state index contributed by atoms with van der Waals surface area (Å²) in [7, 11) is 1.76. The maximum atomic E-state index is 15.1. The molecule has 2 aliphatic rings. The molecule has 0 bridgehead atoms. The summed E-state index contributed by atoms with van der Waals surface area (Å²) in [5.74, 6) is 0.171. The first-order valence-electron chi connectivity index (χ1n) is 12.1. The van der Waals surface area contributed by atoms with Crippen molar-refractivity contribution < 1.29 is 14.3 Å². The van der Waals surface area contributed by atoms with Gasteiger partial charge in [-0.15, -0.1) is 5.10 Å². The van der Waals surface area contributed by atoms with Crippen LogP contribution in [0.1, 0.15) is 57.3 Å². The highest BCUT2D eigenvalue weighted by Crippen LogP contribution is 2.42. The zero-order chi connectivity index (χ0) is 25.7. The lowest BCUT2D eigenvalue weighted by molar-refractivity contribution is 0.0976. The number of carbonyl (C=O) groups excluding carboxylic acids is 1. The lowest BCUT2D eigenvalue weighted by atomic mass is 9.93. The summed E-state index contributed by atoms with van der Waals surface area (Å²) in [6, 6.07) is 8.70. The summed E-state index contributed by atoms with van der Waals surface area (Å²) in [6.45, 7) is -0.0105. The summed E-state index contributed by atoms with van der Waals surface area (Å²) in [6.07, 6.45) is 4.70. The third-order valence-electron chi connectivity index (χ3n) is 6.84. The Morgan fingerprint density at radius 2 is 2.03 bits per heavy atom. The molecule has 2 aromatic carbocycles. The molecule has 2 aromatic heterocycles. The minimum absolute atomic E-state index is 0.0229. The molecule has 0 unspecified atom stereocenters. The average molecular weight is 501 g/mol. The van der Waals surface area contributed by atoms with Crippen molar-refractivity contribution in [3.05, 3.63) is 76.1 Å². The molecule has 4 aromatic rings. The van der Waals surface area contributed by atoms with E-state index in [0.29, 0.717) is 53.6 Å². The van der Waals surface area contributed by atoms with Crippen LogP contribution in [0.2, 0.25) is 0 Å². The van der Waals surface area contributed by atoms with Gasteiger partial charge in [0.2, 0.25) is 5.95 Å². The van der Waals surface area contributed by atoms with E-state index in [0.717, 1.165) is 24.0 Å². The van der Waals surface area contributed by atoms with Crippen molar-refractivity contribution in [2.45, 2.75) is 38.2 Å². The van der Waals surface area contributed by atoms with E-state index in [1.807, 2.05) is 6.07 Å². The van der Waals surface area contributed by atoms with Gasteiger partial charge in [-0.2, -0.15) is 9.97 Å². The molecule has 11 heteroatoms. The van der Waals surface area contributed by atoms with Crippen molar-refractivity contribution in [2.24, 2.45) is 7.05 Å². The summed E-state index contributed by atoms with van der Waals surface area (Å²) in [5, 5.41) is 18.4. The Kier molecular flexibility index (Phi) is 5.64. The molecule has 0 spiro atoms. The number of benzene rings is 2. The zero-order valence-corrected chi connectivity index (χ0v) is 20.2. The van der Waals surface area contributed by atoms with E-state index >= 15 is 4.39 Å². The van der Waals surface area contributed by atoms with Gasteiger partial charge in [-0.05, 0) is 48.4 Å². The van der Waals surface area contributed by atoms with Crippen molar-refractivity contribution in [3.8, 4) is 11.4 Å². The van der Waals surface area contributed by atoms with Crippen molar-refractivity contribution in [1.82, 2.24) is 29.9 Å². The number of hydrogen-bond donors (Lipinski definition) is 2. The first kappa shape index (κ1) is 23.2. The van der Waals surface area contributed by atoms with Crippen LogP contribution in [0.5, 0.6) is 0 Å². The second-order valence-electron chi connectivity index (χ2n) is 9.47. The van der Waals surface area contributed by atoms with Gasteiger partial charge in [0.15, 0.2) is 5.82 Å². The van der Waals surface area contributed by atoms with Crippen LogP contribution in [-0.4, -0.2) is 47.5 Å². The number of carbonyl (C=O) groups is 1. The number of anilines is 2. The number of nitrogen functional groups attached to an aromatic ring is 1. The summed E-state index contributed by atoms with van der Waals surface area (Å²) < 4.78 is 16.7. The molecule has 1 aliphatic carbocycles. The van der Waals surface area contributed by atoms with Gasteiger partial charge in [0, 0.05) is 30.9 Å². The van der Waals surface area contributed by atoms with Gasteiger partial charge < -0.3 is 15.7 Å². The molecule has 37 heavy (non-hydrogen) atoms. The van der Waals surface area contributed by atoms with Crippen molar-refractivity contribution in [3.63, 3.8) is 0 Å². The first-order chi connectivity index (χ1) is 17.9.